The van der Waals surface area contributed by atoms with E-state index in [0.29, 0.717) is 34.5 Å². The molecule has 0 unspecified atom stereocenters. The maximum Gasteiger partial charge on any atom is 0.264 e. The van der Waals surface area contributed by atoms with E-state index >= 15 is 0 Å². The molecule has 9 nitrogen and oxygen atoms in total. The molecular formula is C23H24N6O3S. The van der Waals surface area contributed by atoms with Gasteiger partial charge in [-0.3, -0.25) is 4.79 Å². The fourth-order valence-electron chi connectivity index (χ4n) is 3.24. The average Bonchev–Trinajstić information content (AvgIpc) is 3.40. The predicted molar refractivity (Wildman–Crippen MR) is 128 cm³/mol. The van der Waals surface area contributed by atoms with Crippen LogP contribution in [0.2, 0.25) is 0 Å². The number of carbonyl (C=O) groups excluding carboxylic acids is 1. The lowest BCUT2D eigenvalue weighted by atomic mass is 10.1. The molecule has 33 heavy (non-hydrogen) atoms. The Labute approximate surface area is 195 Å². The second-order valence-corrected chi connectivity index (χ2v) is 7.99. The first kappa shape index (κ1) is 22.4. The fourth-order valence-corrected chi connectivity index (χ4v) is 3.81. The van der Waals surface area contributed by atoms with Crippen LogP contribution in [-0.2, 0) is 11.3 Å². The van der Waals surface area contributed by atoms with Gasteiger partial charge in [0.1, 0.15) is 28.7 Å². The summed E-state index contributed by atoms with van der Waals surface area (Å²) in [6.45, 7) is 4.31. The van der Waals surface area contributed by atoms with Crippen molar-refractivity contribution >= 4 is 29.2 Å². The number of hydrogen-bond acceptors (Lipinski definition) is 8. The minimum absolute atomic E-state index is 0.0845. The highest BCUT2D eigenvalue weighted by atomic mass is 32.2. The van der Waals surface area contributed by atoms with Gasteiger partial charge in [0.15, 0.2) is 0 Å². The quantitative estimate of drug-likeness (QED) is 0.371. The summed E-state index contributed by atoms with van der Waals surface area (Å²) in [4.78, 5) is 17.2. The molecule has 1 amide bonds. The van der Waals surface area contributed by atoms with Crippen molar-refractivity contribution in [2.75, 3.05) is 23.9 Å². The molecule has 0 fully saturated rings. The molecule has 0 bridgehead atoms. The summed E-state index contributed by atoms with van der Waals surface area (Å²) >= 11 is 1.38. The van der Waals surface area contributed by atoms with E-state index in [1.807, 2.05) is 56.5 Å². The summed E-state index contributed by atoms with van der Waals surface area (Å²) in [6.07, 6.45) is 1.87. The van der Waals surface area contributed by atoms with Crippen LogP contribution in [0.1, 0.15) is 12.5 Å². The number of ether oxygens (including phenoxy) is 1. The van der Waals surface area contributed by atoms with Crippen molar-refractivity contribution in [1.82, 2.24) is 19.9 Å². The topological polar surface area (TPSA) is 121 Å². The molecule has 0 saturated carbocycles. The van der Waals surface area contributed by atoms with Gasteiger partial charge in [-0.2, -0.15) is 10.1 Å². The molecule has 2 aromatic heterocycles. The van der Waals surface area contributed by atoms with Crippen LogP contribution in [-0.4, -0.2) is 38.7 Å². The minimum Gasteiger partial charge on any atom is -0.492 e. The summed E-state index contributed by atoms with van der Waals surface area (Å²) in [5.41, 5.74) is 9.42. The summed E-state index contributed by atoms with van der Waals surface area (Å²) in [6, 6.07) is 15.1. The number of nitrogens with two attached hydrogens (primary N) is 1. The smallest absolute Gasteiger partial charge is 0.264 e. The Kier molecular flexibility index (Phi) is 6.64. The van der Waals surface area contributed by atoms with Gasteiger partial charge in [-0.15, -0.1) is 11.8 Å². The van der Waals surface area contributed by atoms with Gasteiger partial charge in [-0.1, -0.05) is 47.1 Å². The largest absolute Gasteiger partial charge is 0.492 e. The first-order valence-electron chi connectivity index (χ1n) is 10.3. The first-order chi connectivity index (χ1) is 16.0. The SMILES string of the molecule is CCOc1ccccc1NC(=O)Cn1nc(SC)c(-c2nc(-c3ccc(C)cc3)no2)c1N. The maximum absolute atomic E-state index is 12.7. The van der Waals surface area contributed by atoms with Crippen molar-refractivity contribution in [3.05, 3.63) is 54.1 Å². The van der Waals surface area contributed by atoms with E-state index < -0.39 is 0 Å². The zero-order chi connectivity index (χ0) is 23.4. The van der Waals surface area contributed by atoms with Crippen LogP contribution < -0.4 is 15.8 Å². The molecule has 0 saturated heterocycles. The molecule has 2 heterocycles. The van der Waals surface area contributed by atoms with Crippen LogP contribution in [0.5, 0.6) is 5.75 Å². The Morgan fingerprint density at radius 3 is 2.70 bits per heavy atom. The summed E-state index contributed by atoms with van der Waals surface area (Å²) < 4.78 is 12.5. The number of benzene rings is 2. The van der Waals surface area contributed by atoms with E-state index in [4.69, 9.17) is 15.0 Å². The van der Waals surface area contributed by atoms with Gasteiger partial charge in [0.05, 0.1) is 12.3 Å². The normalized spacial score (nSPS) is 10.9. The number of nitrogen functional groups attached to an aromatic ring is 1. The molecule has 0 aliphatic rings. The van der Waals surface area contributed by atoms with E-state index in [-0.39, 0.29) is 24.2 Å². The summed E-state index contributed by atoms with van der Waals surface area (Å²) in [5, 5.41) is 12.0. The molecule has 0 aliphatic carbocycles. The zero-order valence-electron chi connectivity index (χ0n) is 18.5. The van der Waals surface area contributed by atoms with Crippen molar-refractivity contribution in [3.8, 4) is 28.6 Å². The molecule has 2 aromatic carbocycles. The van der Waals surface area contributed by atoms with Crippen LogP contribution >= 0.6 is 11.8 Å². The van der Waals surface area contributed by atoms with Crippen LogP contribution in [0.3, 0.4) is 0 Å². The highest BCUT2D eigenvalue weighted by Crippen LogP contribution is 2.35. The van der Waals surface area contributed by atoms with Crippen LogP contribution in [0.4, 0.5) is 11.5 Å². The van der Waals surface area contributed by atoms with Crippen molar-refractivity contribution in [2.24, 2.45) is 0 Å². The Hall–Kier alpha value is -3.79. The number of aryl methyl sites for hydroxylation is 1. The summed E-state index contributed by atoms with van der Waals surface area (Å²) in [5.74, 6) is 1.28. The van der Waals surface area contributed by atoms with Crippen LogP contribution in [0.15, 0.2) is 58.1 Å². The average molecular weight is 465 g/mol. The lowest BCUT2D eigenvalue weighted by Crippen LogP contribution is -2.21. The maximum atomic E-state index is 12.7. The number of hydrogen-bond donors (Lipinski definition) is 2. The fraction of sp³-hybridized carbons (Fsp3) is 0.217. The first-order valence-corrected chi connectivity index (χ1v) is 11.6. The molecule has 4 rings (SSSR count). The molecular weight excluding hydrogens is 440 g/mol. The number of aromatic nitrogens is 4. The highest BCUT2D eigenvalue weighted by molar-refractivity contribution is 7.98. The van der Waals surface area contributed by atoms with Gasteiger partial charge >= 0.3 is 0 Å². The van der Waals surface area contributed by atoms with E-state index in [1.54, 1.807) is 12.1 Å². The second kappa shape index (κ2) is 9.78. The molecule has 170 valence electrons. The van der Waals surface area contributed by atoms with Gasteiger partial charge in [0, 0.05) is 5.56 Å². The third kappa shape index (κ3) is 4.85. The Morgan fingerprint density at radius 2 is 1.97 bits per heavy atom. The molecule has 0 aliphatic heterocycles. The molecule has 0 atom stereocenters. The lowest BCUT2D eigenvalue weighted by molar-refractivity contribution is -0.116. The third-order valence-electron chi connectivity index (χ3n) is 4.86. The van der Waals surface area contributed by atoms with Gasteiger partial charge in [0.25, 0.3) is 5.89 Å². The number of anilines is 2. The second-order valence-electron chi connectivity index (χ2n) is 7.19. The van der Waals surface area contributed by atoms with Crippen molar-refractivity contribution in [3.63, 3.8) is 0 Å². The Bertz CT molecular complexity index is 1270. The molecule has 0 radical (unpaired) electrons. The minimum atomic E-state index is -0.290. The van der Waals surface area contributed by atoms with Crippen LogP contribution in [0.25, 0.3) is 22.8 Å². The third-order valence-corrected chi connectivity index (χ3v) is 5.53. The van der Waals surface area contributed by atoms with E-state index in [0.717, 1.165) is 11.1 Å². The van der Waals surface area contributed by atoms with Gasteiger partial charge < -0.3 is 20.3 Å². The Morgan fingerprint density at radius 1 is 1.21 bits per heavy atom. The predicted octanol–water partition coefficient (Wildman–Crippen LogP) is 4.25. The van der Waals surface area contributed by atoms with Gasteiger partial charge in [0.2, 0.25) is 11.7 Å². The highest BCUT2D eigenvalue weighted by Gasteiger charge is 2.24. The lowest BCUT2D eigenvalue weighted by Gasteiger charge is -2.11. The number of rotatable bonds is 8. The number of para-hydroxylation sites is 2. The van der Waals surface area contributed by atoms with Gasteiger partial charge in [-0.05, 0) is 32.2 Å². The number of amides is 1. The molecule has 4 aromatic rings. The number of thioether (sulfide) groups is 1. The van der Waals surface area contributed by atoms with E-state index in [2.05, 4.69) is 20.6 Å². The molecule has 3 N–H and O–H groups in total. The molecule has 0 spiro atoms. The number of nitrogens with one attached hydrogen (secondary N) is 1. The van der Waals surface area contributed by atoms with Crippen molar-refractivity contribution in [2.45, 2.75) is 25.4 Å². The number of carbonyl (C=O) groups is 1. The Balaban J connectivity index is 1.57. The van der Waals surface area contributed by atoms with Gasteiger partial charge in [-0.25, -0.2) is 4.68 Å². The van der Waals surface area contributed by atoms with E-state index in [1.165, 1.54) is 16.4 Å². The van der Waals surface area contributed by atoms with Crippen molar-refractivity contribution < 1.29 is 14.1 Å². The number of nitrogens with zero attached hydrogens (tertiary/aromatic N) is 4. The zero-order valence-corrected chi connectivity index (χ0v) is 19.3. The van der Waals surface area contributed by atoms with E-state index in [9.17, 15) is 4.79 Å². The summed E-state index contributed by atoms with van der Waals surface area (Å²) in [7, 11) is 0. The molecule has 10 heteroatoms. The van der Waals surface area contributed by atoms with Crippen LogP contribution in [0, 0.1) is 6.92 Å². The standard InChI is InChI=1S/C23H24N6O3S/c1-4-31-17-8-6-5-7-16(17)25-18(30)13-29-20(24)19(23(27-29)33-3)22-26-21(28-32-22)15-11-9-14(2)10-12-15/h5-12H,4,13,24H2,1-3H3,(H,25,30). The van der Waals surface area contributed by atoms with Crippen molar-refractivity contribution in [1.29, 1.82) is 0 Å². The monoisotopic (exact) mass is 464 g/mol.